The van der Waals surface area contributed by atoms with Crippen molar-refractivity contribution in [2.24, 2.45) is 17.8 Å². The Kier molecular flexibility index (Phi) is 19.5. The molecule has 0 saturated heterocycles. The van der Waals surface area contributed by atoms with E-state index in [-0.39, 0.29) is 24.0 Å². The van der Waals surface area contributed by atoms with Crippen LogP contribution >= 0.6 is 0 Å². The average Bonchev–Trinajstić information content (AvgIpc) is 3.01. The van der Waals surface area contributed by atoms with Gasteiger partial charge in [-0.25, -0.2) is 5.48 Å². The van der Waals surface area contributed by atoms with Crippen LogP contribution in [0.15, 0.2) is 24.3 Å². The molecule has 3 atom stereocenters. The van der Waals surface area contributed by atoms with Crippen molar-refractivity contribution in [3.05, 3.63) is 29.8 Å². The van der Waals surface area contributed by atoms with E-state index in [1.54, 1.807) is 5.48 Å². The van der Waals surface area contributed by atoms with Crippen LogP contribution in [0.3, 0.4) is 0 Å². The molecular weight excluding hydrogens is 566 g/mol. The number of amides is 2. The number of unbranched alkanes of at least 4 members (excludes halogenated alkanes) is 1. The van der Waals surface area contributed by atoms with E-state index in [0.717, 1.165) is 18.7 Å². The lowest BCUT2D eigenvalue weighted by atomic mass is 9.81. The van der Waals surface area contributed by atoms with Crippen LogP contribution in [0.5, 0.6) is 5.75 Å². The van der Waals surface area contributed by atoms with Crippen molar-refractivity contribution in [2.75, 3.05) is 59.3 Å². The molecule has 2 bridgehead atoms. The molecule has 0 spiro atoms. The summed E-state index contributed by atoms with van der Waals surface area (Å²) in [7, 11) is 0. The first-order valence-corrected chi connectivity index (χ1v) is 16.3. The number of nitrogens with one attached hydrogen (secondary N) is 3. The molecule has 0 aliphatic carbocycles. The molecule has 1 aromatic carbocycles. The molecule has 2 aliphatic rings. The summed E-state index contributed by atoms with van der Waals surface area (Å²) in [6.07, 6.45) is 4.75. The Hall–Kier alpha value is -2.57. The first kappa shape index (κ1) is 37.6. The second-order valence-corrected chi connectivity index (χ2v) is 11.7. The van der Waals surface area contributed by atoms with Gasteiger partial charge < -0.3 is 29.6 Å². The van der Waals surface area contributed by atoms with E-state index in [1.807, 2.05) is 38.1 Å². The summed E-state index contributed by atoms with van der Waals surface area (Å²) in [5.74, 6) is -1.68. The minimum absolute atomic E-state index is 0.0987. The lowest BCUT2D eigenvalue weighted by molar-refractivity contribution is -0.142. The standard InChI is InChI=1S/C33H55N3O8/c1-4-5-14-34-15-18-42-20-22-43-21-19-41-16-7-9-31(37)30-24-26-10-12-27(13-11-26)44-17-6-8-28(33(39)36-40)29(23-25(2)3)32(38)35-30/h10-13,25,28-30,34,40H,4-9,14-24H2,1-3H3,(H,35,38)(H,36,39)/t28-,29+,30-/m0/s1. The average molecular weight is 622 g/mol. The number of hydroxylamine groups is 1. The van der Waals surface area contributed by atoms with Gasteiger partial charge in [-0.05, 0) is 68.7 Å². The van der Waals surface area contributed by atoms with Gasteiger partial charge >= 0.3 is 0 Å². The van der Waals surface area contributed by atoms with Crippen LogP contribution in [-0.2, 0) is 35.0 Å². The van der Waals surface area contributed by atoms with Crippen molar-refractivity contribution in [2.45, 2.75) is 78.2 Å². The number of hydrogen-bond donors (Lipinski definition) is 4. The van der Waals surface area contributed by atoms with Crippen molar-refractivity contribution >= 4 is 17.6 Å². The predicted molar refractivity (Wildman–Crippen MR) is 168 cm³/mol. The fourth-order valence-corrected chi connectivity index (χ4v) is 5.17. The first-order chi connectivity index (χ1) is 21.3. The van der Waals surface area contributed by atoms with E-state index in [0.29, 0.717) is 84.1 Å². The monoisotopic (exact) mass is 621 g/mol. The highest BCUT2D eigenvalue weighted by atomic mass is 16.5. The number of carbonyl (C=O) groups is 3. The third-order valence-electron chi connectivity index (χ3n) is 7.58. The zero-order valence-corrected chi connectivity index (χ0v) is 26.9. The zero-order chi connectivity index (χ0) is 32.0. The van der Waals surface area contributed by atoms with Gasteiger partial charge in [0.2, 0.25) is 11.8 Å². The quantitative estimate of drug-likeness (QED) is 0.0978. The van der Waals surface area contributed by atoms with Crippen LogP contribution in [0.4, 0.5) is 0 Å². The summed E-state index contributed by atoms with van der Waals surface area (Å²) in [6, 6.07) is 6.74. The van der Waals surface area contributed by atoms with Gasteiger partial charge in [-0.3, -0.25) is 19.6 Å². The summed E-state index contributed by atoms with van der Waals surface area (Å²) in [6.45, 7) is 11.3. The second-order valence-electron chi connectivity index (χ2n) is 11.7. The van der Waals surface area contributed by atoms with Crippen LogP contribution in [-0.4, -0.2) is 88.2 Å². The Morgan fingerprint density at radius 1 is 1.00 bits per heavy atom. The molecule has 0 fully saturated rings. The van der Waals surface area contributed by atoms with Crippen LogP contribution in [0, 0.1) is 17.8 Å². The largest absolute Gasteiger partial charge is 0.494 e. The normalized spacial score (nSPS) is 19.3. The highest BCUT2D eigenvalue weighted by Crippen LogP contribution is 2.27. The van der Waals surface area contributed by atoms with Crippen molar-refractivity contribution in [3.8, 4) is 5.75 Å². The molecule has 0 unspecified atom stereocenters. The summed E-state index contributed by atoms with van der Waals surface area (Å²) >= 11 is 0. The maximum atomic E-state index is 13.6. The van der Waals surface area contributed by atoms with Gasteiger partial charge in [0.05, 0.1) is 51.6 Å². The first-order valence-electron chi connectivity index (χ1n) is 16.3. The molecule has 0 radical (unpaired) electrons. The Balaban J connectivity index is 1.86. The Bertz CT molecular complexity index is 943. The highest BCUT2D eigenvalue weighted by molar-refractivity contribution is 5.92. The Morgan fingerprint density at radius 3 is 2.34 bits per heavy atom. The topological polar surface area (TPSA) is 144 Å². The molecule has 1 aromatic rings. The molecule has 44 heavy (non-hydrogen) atoms. The summed E-state index contributed by atoms with van der Waals surface area (Å²) < 4.78 is 22.5. The van der Waals surface area contributed by atoms with E-state index >= 15 is 0 Å². The Labute approximate surface area is 263 Å². The van der Waals surface area contributed by atoms with Crippen molar-refractivity contribution in [3.63, 3.8) is 0 Å². The maximum Gasteiger partial charge on any atom is 0.247 e. The molecule has 0 aromatic heterocycles. The van der Waals surface area contributed by atoms with Crippen molar-refractivity contribution in [1.82, 2.24) is 16.1 Å². The number of Topliss-reactive ketones (excluding diaryl/α,β-unsaturated/α-hetero) is 1. The third-order valence-corrected chi connectivity index (χ3v) is 7.58. The van der Waals surface area contributed by atoms with Crippen LogP contribution in [0.2, 0.25) is 0 Å². The van der Waals surface area contributed by atoms with Gasteiger partial charge in [0.25, 0.3) is 0 Å². The molecule has 11 nitrogen and oxygen atoms in total. The van der Waals surface area contributed by atoms with E-state index in [4.69, 9.17) is 18.9 Å². The van der Waals surface area contributed by atoms with Crippen molar-refractivity contribution < 1.29 is 38.5 Å². The number of hydrogen-bond acceptors (Lipinski definition) is 9. The predicted octanol–water partition coefficient (Wildman–Crippen LogP) is 3.46. The van der Waals surface area contributed by atoms with Crippen LogP contribution in [0.25, 0.3) is 0 Å². The van der Waals surface area contributed by atoms with Gasteiger partial charge in [-0.2, -0.15) is 0 Å². The molecule has 3 rings (SSSR count). The second kappa shape index (κ2) is 22.9. The van der Waals surface area contributed by atoms with Gasteiger partial charge in [0, 0.05) is 25.5 Å². The SMILES string of the molecule is CCCCNCCOCCOCCOCCCC(=O)[C@@H]1Cc2ccc(cc2)OCCC[C@H](C(=O)NO)[C@@H](CC(C)C)C(=O)N1. The molecule has 0 saturated carbocycles. The van der Waals surface area contributed by atoms with Crippen molar-refractivity contribution in [1.29, 1.82) is 0 Å². The third kappa shape index (κ3) is 15.4. The fraction of sp³-hybridized carbons (Fsp3) is 0.727. The summed E-state index contributed by atoms with van der Waals surface area (Å²) in [5, 5.41) is 15.7. The minimum atomic E-state index is -0.755. The summed E-state index contributed by atoms with van der Waals surface area (Å²) in [5.41, 5.74) is 2.63. The van der Waals surface area contributed by atoms with Gasteiger partial charge in [0.15, 0.2) is 5.78 Å². The molecule has 2 amide bonds. The fourth-order valence-electron chi connectivity index (χ4n) is 5.17. The number of ketones is 1. The van der Waals surface area contributed by atoms with E-state index in [2.05, 4.69) is 17.6 Å². The molecule has 4 N–H and O–H groups in total. The zero-order valence-electron chi connectivity index (χ0n) is 26.9. The maximum absolute atomic E-state index is 13.6. The number of benzene rings is 1. The van der Waals surface area contributed by atoms with E-state index < -0.39 is 23.8 Å². The molecule has 250 valence electrons. The summed E-state index contributed by atoms with van der Waals surface area (Å²) in [4.78, 5) is 39.6. The molecular formula is C33H55N3O8. The van der Waals surface area contributed by atoms with E-state index in [9.17, 15) is 19.6 Å². The molecule has 2 aliphatic heterocycles. The number of carbonyl (C=O) groups excluding carboxylic acids is 3. The van der Waals surface area contributed by atoms with Gasteiger partial charge in [-0.15, -0.1) is 0 Å². The smallest absolute Gasteiger partial charge is 0.247 e. The van der Waals surface area contributed by atoms with E-state index in [1.165, 1.54) is 12.8 Å². The number of ether oxygens (including phenoxy) is 4. The molecule has 2 heterocycles. The lowest BCUT2D eigenvalue weighted by Crippen LogP contribution is -2.49. The number of rotatable bonds is 20. The van der Waals surface area contributed by atoms with Crippen LogP contribution < -0.4 is 20.9 Å². The van der Waals surface area contributed by atoms with Gasteiger partial charge in [0.1, 0.15) is 5.75 Å². The molecule has 11 heteroatoms. The Morgan fingerprint density at radius 2 is 1.68 bits per heavy atom. The lowest BCUT2D eigenvalue weighted by Gasteiger charge is -2.29. The highest BCUT2D eigenvalue weighted by Gasteiger charge is 2.35. The minimum Gasteiger partial charge on any atom is -0.494 e. The number of fused-ring (bicyclic) bond motifs is 11. The van der Waals surface area contributed by atoms with Crippen LogP contribution in [0.1, 0.15) is 71.3 Å². The van der Waals surface area contributed by atoms with Gasteiger partial charge in [-0.1, -0.05) is 39.3 Å².